The fraction of sp³-hybridized carbons (Fsp3) is 0.440. The van der Waals surface area contributed by atoms with E-state index in [0.29, 0.717) is 13.1 Å². The number of hydrogen-bond acceptors (Lipinski definition) is 5. The van der Waals surface area contributed by atoms with E-state index in [9.17, 15) is 17.6 Å². The van der Waals surface area contributed by atoms with Crippen molar-refractivity contribution in [2.45, 2.75) is 57.0 Å². The van der Waals surface area contributed by atoms with Crippen LogP contribution in [0.15, 0.2) is 47.9 Å². The Morgan fingerprint density at radius 2 is 2.06 bits per heavy atom. The fourth-order valence-corrected chi connectivity index (χ4v) is 7.71. The minimum atomic E-state index is -3.85. The van der Waals surface area contributed by atoms with E-state index < -0.39 is 15.8 Å². The van der Waals surface area contributed by atoms with Gasteiger partial charge in [-0.2, -0.15) is 4.31 Å². The number of amides is 1. The van der Waals surface area contributed by atoms with Gasteiger partial charge in [0.15, 0.2) is 0 Å². The van der Waals surface area contributed by atoms with Crippen molar-refractivity contribution in [3.8, 4) is 0 Å². The number of thiazole rings is 1. The zero-order valence-corrected chi connectivity index (χ0v) is 21.3. The molecule has 6 nitrogen and oxygen atoms in total. The Hall–Kier alpha value is -2.36. The van der Waals surface area contributed by atoms with Gasteiger partial charge in [0.1, 0.15) is 10.7 Å². The second-order valence-corrected chi connectivity index (χ2v) is 12.5. The molecule has 1 aliphatic carbocycles. The Labute approximate surface area is 204 Å². The van der Waals surface area contributed by atoms with Crippen molar-refractivity contribution in [3.05, 3.63) is 64.4 Å². The molecule has 0 unspecified atom stereocenters. The first-order valence-electron chi connectivity index (χ1n) is 11.4. The maximum absolute atomic E-state index is 14.1. The number of allylic oxidation sites excluding steroid dienone is 1. The molecule has 34 heavy (non-hydrogen) atoms. The predicted octanol–water partition coefficient (Wildman–Crippen LogP) is 4.42. The van der Waals surface area contributed by atoms with Crippen molar-refractivity contribution in [2.24, 2.45) is 5.41 Å². The van der Waals surface area contributed by atoms with Crippen LogP contribution in [0.1, 0.15) is 42.3 Å². The van der Waals surface area contributed by atoms with E-state index in [1.165, 1.54) is 33.8 Å². The van der Waals surface area contributed by atoms with Gasteiger partial charge in [-0.3, -0.25) is 4.79 Å². The van der Waals surface area contributed by atoms with Crippen LogP contribution in [0.3, 0.4) is 0 Å². The Morgan fingerprint density at radius 1 is 1.38 bits per heavy atom. The lowest BCUT2D eigenvalue weighted by Crippen LogP contribution is -2.68. The summed E-state index contributed by atoms with van der Waals surface area (Å²) in [5, 5.41) is 0.924. The molecule has 9 heteroatoms. The molecule has 2 heterocycles. The van der Waals surface area contributed by atoms with Crippen molar-refractivity contribution < 1.29 is 17.6 Å². The van der Waals surface area contributed by atoms with Crippen LogP contribution in [0, 0.1) is 18.2 Å². The summed E-state index contributed by atoms with van der Waals surface area (Å²) in [7, 11) is -3.85. The molecule has 182 valence electrons. The first-order valence-corrected chi connectivity index (χ1v) is 13.6. The van der Waals surface area contributed by atoms with Crippen molar-refractivity contribution in [3.63, 3.8) is 0 Å². The molecular weight excluding hydrogens is 473 g/mol. The third-order valence-electron chi connectivity index (χ3n) is 6.75. The van der Waals surface area contributed by atoms with Gasteiger partial charge in [-0.1, -0.05) is 24.3 Å². The van der Waals surface area contributed by atoms with Crippen LogP contribution in [0.5, 0.6) is 0 Å². The highest BCUT2D eigenvalue weighted by molar-refractivity contribution is 7.89. The molecule has 1 saturated carbocycles. The number of nitrogens with zero attached hydrogens (tertiary/aromatic N) is 3. The number of carbonyl (C=O) groups is 1. The standard InChI is InChI=1S/C25H30FN3O3S2/c1-5-9-21-22(33-18(4)27-21)12-24(30)29(17(3)6-2)19-13-25(14-19)15-28(16-25)34(31,32)23-11-8-7-10-20(23)26/h5-11,17,19H,2,12-16H2,1,3-4H3/b9-5+/t17-/m1/s1. The van der Waals surface area contributed by atoms with Gasteiger partial charge in [0.05, 0.1) is 17.1 Å². The van der Waals surface area contributed by atoms with E-state index in [4.69, 9.17) is 0 Å². The molecule has 0 bridgehead atoms. The van der Waals surface area contributed by atoms with E-state index in [2.05, 4.69) is 11.6 Å². The molecule has 1 atom stereocenters. The molecule has 1 aromatic carbocycles. The lowest BCUT2D eigenvalue weighted by atomic mass is 9.61. The monoisotopic (exact) mass is 503 g/mol. The average Bonchev–Trinajstić information content (AvgIpc) is 3.06. The Morgan fingerprint density at radius 3 is 2.68 bits per heavy atom. The number of benzene rings is 1. The normalized spacial score (nSPS) is 19.1. The van der Waals surface area contributed by atoms with E-state index >= 15 is 0 Å². The first kappa shape index (κ1) is 24.8. The van der Waals surface area contributed by atoms with E-state index in [-0.39, 0.29) is 34.7 Å². The summed E-state index contributed by atoms with van der Waals surface area (Å²) in [6, 6.07) is 5.36. The van der Waals surface area contributed by atoms with Crippen LogP contribution in [0.4, 0.5) is 4.39 Å². The molecule has 2 fully saturated rings. The third-order valence-corrected chi connectivity index (χ3v) is 9.56. The summed E-state index contributed by atoms with van der Waals surface area (Å²) in [5.74, 6) is -0.709. The van der Waals surface area contributed by atoms with Gasteiger partial charge in [0.25, 0.3) is 0 Å². The van der Waals surface area contributed by atoms with Crippen LogP contribution in [0.2, 0.25) is 0 Å². The number of aromatic nitrogens is 1. The molecule has 1 aromatic heterocycles. The van der Waals surface area contributed by atoms with Crippen molar-refractivity contribution in [1.82, 2.24) is 14.2 Å². The van der Waals surface area contributed by atoms with Crippen LogP contribution in [-0.2, 0) is 21.2 Å². The van der Waals surface area contributed by atoms with Crippen LogP contribution in [0.25, 0.3) is 6.08 Å². The van der Waals surface area contributed by atoms with Gasteiger partial charge in [0, 0.05) is 35.5 Å². The first-order chi connectivity index (χ1) is 16.1. The highest BCUT2D eigenvalue weighted by Gasteiger charge is 2.57. The van der Waals surface area contributed by atoms with Gasteiger partial charge >= 0.3 is 0 Å². The third kappa shape index (κ3) is 4.48. The molecule has 4 rings (SSSR count). The molecule has 2 aromatic rings. The van der Waals surface area contributed by atoms with Gasteiger partial charge in [-0.05, 0) is 51.8 Å². The molecule has 1 amide bonds. The number of hydrogen-bond donors (Lipinski definition) is 0. The molecular formula is C25H30FN3O3S2. The van der Waals surface area contributed by atoms with Crippen molar-refractivity contribution in [2.75, 3.05) is 13.1 Å². The Balaban J connectivity index is 1.43. The molecule has 1 spiro atoms. The second kappa shape index (κ2) is 9.36. The van der Waals surface area contributed by atoms with Crippen molar-refractivity contribution >= 4 is 33.3 Å². The molecule has 0 radical (unpaired) electrons. The Kier molecular flexibility index (Phi) is 6.81. The average molecular weight is 504 g/mol. The quantitative estimate of drug-likeness (QED) is 0.500. The second-order valence-electron chi connectivity index (χ2n) is 9.26. The predicted molar refractivity (Wildman–Crippen MR) is 132 cm³/mol. The van der Waals surface area contributed by atoms with Gasteiger partial charge < -0.3 is 4.90 Å². The highest BCUT2D eigenvalue weighted by Crippen LogP contribution is 2.52. The molecule has 1 saturated heterocycles. The molecule has 2 aliphatic rings. The zero-order chi connectivity index (χ0) is 24.7. The lowest BCUT2D eigenvalue weighted by molar-refractivity contribution is -0.145. The Bertz CT molecular complexity index is 1220. The number of sulfonamides is 1. The number of aryl methyl sites for hydroxylation is 1. The van der Waals surface area contributed by atoms with E-state index in [1.54, 1.807) is 6.08 Å². The van der Waals surface area contributed by atoms with Crippen LogP contribution in [-0.4, -0.2) is 53.7 Å². The van der Waals surface area contributed by atoms with E-state index in [0.717, 1.165) is 34.5 Å². The SMILES string of the molecule is C=C[C@@H](C)N(C(=O)Cc1sc(C)nc1/C=C/C)C1CC2(C1)CN(S(=O)(=O)c1ccccc1F)C2. The summed E-state index contributed by atoms with van der Waals surface area (Å²) in [6.07, 6.45) is 7.34. The number of carbonyl (C=O) groups excluding carboxylic acids is 1. The molecule has 1 aliphatic heterocycles. The summed E-state index contributed by atoms with van der Waals surface area (Å²) in [4.78, 5) is 20.4. The van der Waals surface area contributed by atoms with Crippen molar-refractivity contribution in [1.29, 1.82) is 0 Å². The van der Waals surface area contributed by atoms with Crippen LogP contribution < -0.4 is 0 Å². The molecule has 0 N–H and O–H groups in total. The van der Waals surface area contributed by atoms with Gasteiger partial charge in [0.2, 0.25) is 15.9 Å². The fourth-order valence-electron chi connectivity index (χ4n) is 5.07. The number of rotatable bonds is 8. The maximum Gasteiger partial charge on any atom is 0.246 e. The minimum absolute atomic E-state index is 0.0248. The summed E-state index contributed by atoms with van der Waals surface area (Å²) in [5.41, 5.74) is 0.683. The van der Waals surface area contributed by atoms with Gasteiger partial charge in [-0.15, -0.1) is 17.9 Å². The summed E-state index contributed by atoms with van der Waals surface area (Å²) < 4.78 is 41.1. The lowest BCUT2D eigenvalue weighted by Gasteiger charge is -2.60. The number of halogens is 1. The van der Waals surface area contributed by atoms with E-state index in [1.807, 2.05) is 37.8 Å². The maximum atomic E-state index is 14.1. The van der Waals surface area contributed by atoms with Gasteiger partial charge in [-0.25, -0.2) is 17.8 Å². The smallest absolute Gasteiger partial charge is 0.246 e. The van der Waals surface area contributed by atoms with Crippen LogP contribution >= 0.6 is 11.3 Å². The highest BCUT2D eigenvalue weighted by atomic mass is 32.2. The largest absolute Gasteiger partial charge is 0.333 e. The zero-order valence-electron chi connectivity index (χ0n) is 19.7. The minimum Gasteiger partial charge on any atom is -0.333 e. The summed E-state index contributed by atoms with van der Waals surface area (Å²) in [6.45, 7) is 10.4. The summed E-state index contributed by atoms with van der Waals surface area (Å²) >= 11 is 1.53. The topological polar surface area (TPSA) is 70.6 Å².